The first-order valence-electron chi connectivity index (χ1n) is 4.46. The van der Waals surface area contributed by atoms with Crippen molar-refractivity contribution in [3.05, 3.63) is 18.2 Å². The molecule has 1 aliphatic rings. The van der Waals surface area contributed by atoms with Crippen LogP contribution in [0.1, 0.15) is 6.92 Å². The van der Waals surface area contributed by atoms with Gasteiger partial charge in [-0.1, -0.05) is 13.0 Å². The van der Waals surface area contributed by atoms with E-state index in [1.807, 2.05) is 12.1 Å². The number of anilines is 1. The molecule has 0 fully saturated rings. The number of hydrogen-bond acceptors (Lipinski definition) is 3. The molecule has 2 nitrogen and oxygen atoms in total. The first-order valence-corrected chi connectivity index (χ1v) is 5.44. The third-order valence-corrected chi connectivity index (χ3v) is 3.60. The standard InChI is InChI=1S/C10H13NOS/c1-7-5-11-8-3-2-4-9(12)10(8)13-6-7/h2-4,7,11-12H,5-6H2,1H3. The molecule has 0 saturated heterocycles. The Morgan fingerprint density at radius 2 is 2.38 bits per heavy atom. The van der Waals surface area contributed by atoms with Gasteiger partial charge in [-0.3, -0.25) is 0 Å². The minimum atomic E-state index is 0.393. The minimum Gasteiger partial charge on any atom is -0.507 e. The van der Waals surface area contributed by atoms with Crippen molar-refractivity contribution in [2.24, 2.45) is 5.92 Å². The van der Waals surface area contributed by atoms with Crippen LogP contribution < -0.4 is 5.32 Å². The van der Waals surface area contributed by atoms with Crippen molar-refractivity contribution in [1.29, 1.82) is 0 Å². The lowest BCUT2D eigenvalue weighted by atomic mass is 10.2. The minimum absolute atomic E-state index is 0.393. The topological polar surface area (TPSA) is 32.3 Å². The zero-order chi connectivity index (χ0) is 9.26. The van der Waals surface area contributed by atoms with Gasteiger partial charge in [-0.15, -0.1) is 11.8 Å². The van der Waals surface area contributed by atoms with Gasteiger partial charge < -0.3 is 10.4 Å². The van der Waals surface area contributed by atoms with Crippen LogP contribution in [0.2, 0.25) is 0 Å². The van der Waals surface area contributed by atoms with E-state index in [1.54, 1.807) is 17.8 Å². The Labute approximate surface area is 82.4 Å². The van der Waals surface area contributed by atoms with E-state index in [1.165, 1.54) is 0 Å². The van der Waals surface area contributed by atoms with Crippen LogP contribution in [0.5, 0.6) is 5.75 Å². The first kappa shape index (κ1) is 8.75. The number of fused-ring (bicyclic) bond motifs is 1. The Kier molecular flexibility index (Phi) is 2.36. The molecule has 70 valence electrons. The number of phenolic OH excluding ortho intramolecular Hbond substituents is 1. The maximum Gasteiger partial charge on any atom is 0.131 e. The van der Waals surface area contributed by atoms with Crippen LogP contribution >= 0.6 is 11.8 Å². The summed E-state index contributed by atoms with van der Waals surface area (Å²) in [7, 11) is 0. The van der Waals surface area contributed by atoms with Crippen molar-refractivity contribution < 1.29 is 5.11 Å². The SMILES string of the molecule is CC1CNc2cccc(O)c2SC1. The molecule has 2 rings (SSSR count). The fourth-order valence-corrected chi connectivity index (χ4v) is 2.47. The fourth-order valence-electron chi connectivity index (χ4n) is 1.38. The van der Waals surface area contributed by atoms with Crippen LogP contribution in [-0.4, -0.2) is 17.4 Å². The second kappa shape index (κ2) is 3.50. The van der Waals surface area contributed by atoms with Crippen molar-refractivity contribution in [3.8, 4) is 5.75 Å². The molecule has 0 aliphatic carbocycles. The normalized spacial score (nSPS) is 21.5. The number of thioether (sulfide) groups is 1. The maximum absolute atomic E-state index is 9.61. The number of aromatic hydroxyl groups is 1. The summed E-state index contributed by atoms with van der Waals surface area (Å²) in [6, 6.07) is 5.63. The highest BCUT2D eigenvalue weighted by atomic mass is 32.2. The molecule has 0 spiro atoms. The molecule has 0 radical (unpaired) electrons. The quantitative estimate of drug-likeness (QED) is 0.667. The summed E-state index contributed by atoms with van der Waals surface area (Å²) in [5.74, 6) is 2.11. The van der Waals surface area contributed by atoms with Crippen LogP contribution in [0, 0.1) is 5.92 Å². The Balaban J connectivity index is 2.35. The summed E-state index contributed by atoms with van der Waals surface area (Å²) in [4.78, 5) is 0.992. The molecule has 1 aromatic rings. The van der Waals surface area contributed by atoms with Crippen molar-refractivity contribution >= 4 is 17.4 Å². The largest absolute Gasteiger partial charge is 0.507 e. The van der Waals surface area contributed by atoms with Gasteiger partial charge in [-0.25, -0.2) is 0 Å². The van der Waals surface area contributed by atoms with Crippen LogP contribution in [0.3, 0.4) is 0 Å². The third-order valence-electron chi connectivity index (χ3n) is 2.15. The van der Waals surface area contributed by atoms with Gasteiger partial charge in [0.15, 0.2) is 0 Å². The van der Waals surface area contributed by atoms with Gasteiger partial charge in [0.2, 0.25) is 0 Å². The molecule has 1 heterocycles. The van der Waals surface area contributed by atoms with Gasteiger partial charge in [-0.05, 0) is 18.1 Å². The van der Waals surface area contributed by atoms with Crippen molar-refractivity contribution in [2.45, 2.75) is 11.8 Å². The summed E-state index contributed by atoms with van der Waals surface area (Å²) in [6.07, 6.45) is 0. The Morgan fingerprint density at radius 3 is 3.23 bits per heavy atom. The van der Waals surface area contributed by atoms with Gasteiger partial charge in [0.1, 0.15) is 5.75 Å². The van der Waals surface area contributed by atoms with Crippen molar-refractivity contribution in [2.75, 3.05) is 17.6 Å². The van der Waals surface area contributed by atoms with Crippen molar-refractivity contribution in [1.82, 2.24) is 0 Å². The maximum atomic E-state index is 9.61. The average molecular weight is 195 g/mol. The van der Waals surface area contributed by atoms with Gasteiger partial charge in [0, 0.05) is 12.3 Å². The molecule has 1 aliphatic heterocycles. The van der Waals surface area contributed by atoms with Crippen LogP contribution in [0.4, 0.5) is 5.69 Å². The van der Waals surface area contributed by atoms with Gasteiger partial charge >= 0.3 is 0 Å². The lowest BCUT2D eigenvalue weighted by Crippen LogP contribution is -2.10. The number of nitrogens with one attached hydrogen (secondary N) is 1. The Hall–Kier alpha value is -0.830. The lowest BCUT2D eigenvalue weighted by Gasteiger charge is -2.07. The second-order valence-corrected chi connectivity index (χ2v) is 4.48. The highest BCUT2D eigenvalue weighted by molar-refractivity contribution is 7.99. The predicted molar refractivity (Wildman–Crippen MR) is 56.5 cm³/mol. The van der Waals surface area contributed by atoms with Crippen LogP contribution in [-0.2, 0) is 0 Å². The van der Waals surface area contributed by atoms with Crippen LogP contribution in [0.15, 0.2) is 23.1 Å². The van der Waals surface area contributed by atoms with Gasteiger partial charge in [-0.2, -0.15) is 0 Å². The lowest BCUT2D eigenvalue weighted by molar-refractivity contribution is 0.463. The van der Waals surface area contributed by atoms with Gasteiger partial charge in [0.25, 0.3) is 0 Å². The molecule has 1 atom stereocenters. The second-order valence-electron chi connectivity index (χ2n) is 3.45. The zero-order valence-electron chi connectivity index (χ0n) is 7.58. The Morgan fingerprint density at radius 1 is 1.54 bits per heavy atom. The Bertz CT molecular complexity index is 314. The fraction of sp³-hybridized carbons (Fsp3) is 0.400. The first-order chi connectivity index (χ1) is 6.27. The molecule has 2 N–H and O–H groups in total. The average Bonchev–Trinajstić information content (AvgIpc) is 2.30. The number of benzene rings is 1. The van der Waals surface area contributed by atoms with E-state index in [-0.39, 0.29) is 0 Å². The summed E-state index contributed by atoms with van der Waals surface area (Å²) >= 11 is 1.73. The van der Waals surface area contributed by atoms with E-state index in [2.05, 4.69) is 12.2 Å². The molecule has 1 aromatic carbocycles. The third kappa shape index (κ3) is 1.75. The van der Waals surface area contributed by atoms with E-state index in [0.29, 0.717) is 11.7 Å². The summed E-state index contributed by atoms with van der Waals surface area (Å²) < 4.78 is 0. The summed E-state index contributed by atoms with van der Waals surface area (Å²) in [5.41, 5.74) is 1.06. The van der Waals surface area contributed by atoms with E-state index in [0.717, 1.165) is 22.9 Å². The molecular weight excluding hydrogens is 182 g/mol. The molecule has 0 aromatic heterocycles. The molecule has 0 saturated carbocycles. The summed E-state index contributed by atoms with van der Waals surface area (Å²) in [6.45, 7) is 3.20. The molecular formula is C10H13NOS. The van der Waals surface area contributed by atoms with E-state index in [9.17, 15) is 5.11 Å². The monoisotopic (exact) mass is 195 g/mol. The molecule has 0 bridgehead atoms. The van der Waals surface area contributed by atoms with E-state index >= 15 is 0 Å². The zero-order valence-corrected chi connectivity index (χ0v) is 8.40. The van der Waals surface area contributed by atoms with Gasteiger partial charge in [0.05, 0.1) is 10.6 Å². The number of phenols is 1. The van der Waals surface area contributed by atoms with E-state index in [4.69, 9.17) is 0 Å². The molecule has 3 heteroatoms. The highest BCUT2D eigenvalue weighted by Crippen LogP contribution is 2.38. The predicted octanol–water partition coefficient (Wildman–Crippen LogP) is 2.55. The smallest absolute Gasteiger partial charge is 0.131 e. The highest BCUT2D eigenvalue weighted by Gasteiger charge is 2.14. The van der Waals surface area contributed by atoms with Crippen molar-refractivity contribution in [3.63, 3.8) is 0 Å². The number of rotatable bonds is 0. The summed E-state index contributed by atoms with van der Waals surface area (Å²) in [5, 5.41) is 12.9. The molecule has 13 heavy (non-hydrogen) atoms. The number of hydrogen-bond donors (Lipinski definition) is 2. The molecule has 0 amide bonds. The van der Waals surface area contributed by atoms with Crippen LogP contribution in [0.25, 0.3) is 0 Å². The molecule has 1 unspecified atom stereocenters. The van der Waals surface area contributed by atoms with E-state index < -0.39 is 0 Å².